The van der Waals surface area contributed by atoms with Gasteiger partial charge in [0.05, 0.1) is 23.3 Å². The highest BCUT2D eigenvalue weighted by atomic mass is 35.5. The van der Waals surface area contributed by atoms with E-state index in [9.17, 15) is 0 Å². The molecule has 0 saturated carbocycles. The maximum atomic E-state index is 6.20. The number of halogens is 4. The lowest BCUT2D eigenvalue weighted by molar-refractivity contribution is 0.0429. The molecule has 0 aliphatic rings. The van der Waals surface area contributed by atoms with Crippen LogP contribution in [0.5, 0.6) is 11.5 Å². The van der Waals surface area contributed by atoms with Crippen LogP contribution < -0.4 is 15.0 Å². The van der Waals surface area contributed by atoms with Crippen LogP contribution in [0.15, 0.2) is 35.0 Å². The molecule has 0 heterocycles. The Bertz CT molecular complexity index is 615. The number of rotatable bonds is 10. The van der Waals surface area contributed by atoms with Gasteiger partial charge in [-0.2, -0.15) is 0 Å². The van der Waals surface area contributed by atoms with Gasteiger partial charge in [-0.05, 0) is 6.08 Å². The van der Waals surface area contributed by atoms with Gasteiger partial charge in [-0.1, -0.05) is 73.8 Å². The quantitative estimate of drug-likeness (QED) is 0.329. The van der Waals surface area contributed by atoms with Crippen LogP contribution in [-0.2, 0) is 4.84 Å². The molecule has 26 heavy (non-hydrogen) atoms. The van der Waals surface area contributed by atoms with E-state index < -0.39 is 0 Å². The summed E-state index contributed by atoms with van der Waals surface area (Å²) >= 11 is 23.4. The van der Waals surface area contributed by atoms with Gasteiger partial charge in [-0.3, -0.25) is 10.3 Å². The predicted molar refractivity (Wildman–Crippen MR) is 110 cm³/mol. The van der Waals surface area contributed by atoms with E-state index in [1.54, 1.807) is 12.1 Å². The third-order valence-electron chi connectivity index (χ3n) is 3.20. The fraction of sp³-hybridized carbons (Fsp3) is 0.444. The van der Waals surface area contributed by atoms with E-state index in [4.69, 9.17) is 60.7 Å². The van der Waals surface area contributed by atoms with Gasteiger partial charge in [0.25, 0.3) is 0 Å². The average Bonchev–Trinajstić information content (AvgIpc) is 2.51. The minimum absolute atomic E-state index is 0.0632. The van der Waals surface area contributed by atoms with Crippen molar-refractivity contribution in [2.75, 3.05) is 19.8 Å². The molecule has 0 atom stereocenters. The van der Waals surface area contributed by atoms with Crippen LogP contribution in [0.3, 0.4) is 0 Å². The smallest absolute Gasteiger partial charge is 0.156 e. The van der Waals surface area contributed by atoms with Crippen molar-refractivity contribution >= 4 is 46.4 Å². The predicted octanol–water partition coefficient (Wildman–Crippen LogP) is 6.54. The molecular weight excluding hydrogens is 420 g/mol. The minimum atomic E-state index is -0.0632. The molecule has 0 radical (unpaired) electrons. The van der Waals surface area contributed by atoms with Crippen molar-refractivity contribution in [1.29, 1.82) is 0 Å². The molecule has 0 aliphatic heterocycles. The van der Waals surface area contributed by atoms with Crippen LogP contribution in [0, 0.1) is 5.41 Å². The van der Waals surface area contributed by atoms with Crippen LogP contribution in [0.2, 0.25) is 10.0 Å². The SMILES string of the molecule is C=C(NOCCCOc1c(Cl)cc(OCC=C(Cl)Cl)cc1Cl)C(C)(C)C. The van der Waals surface area contributed by atoms with E-state index in [1.807, 2.05) is 20.8 Å². The average molecular weight is 443 g/mol. The molecule has 1 N–H and O–H groups in total. The Labute approximate surface area is 174 Å². The summed E-state index contributed by atoms with van der Waals surface area (Å²) in [6.45, 7) is 11.1. The summed E-state index contributed by atoms with van der Waals surface area (Å²) in [5, 5.41) is 0.710. The van der Waals surface area contributed by atoms with E-state index in [2.05, 4.69) is 12.1 Å². The first kappa shape index (κ1) is 23.3. The molecule has 0 unspecified atom stereocenters. The molecule has 0 spiro atoms. The molecule has 1 aromatic carbocycles. The van der Waals surface area contributed by atoms with Crippen molar-refractivity contribution in [3.8, 4) is 11.5 Å². The standard InChI is InChI=1S/C18H23Cl4NO3/c1-12(18(2,3)4)23-26-8-5-7-25-17-14(19)10-13(11-15(17)20)24-9-6-16(21)22/h6,10-11,23H,1,5,7-9H2,2-4H3. The molecule has 146 valence electrons. The number of benzene rings is 1. The molecule has 4 nitrogen and oxygen atoms in total. The zero-order valence-corrected chi connectivity index (χ0v) is 18.0. The number of hydroxylamine groups is 1. The highest BCUT2D eigenvalue weighted by molar-refractivity contribution is 6.55. The van der Waals surface area contributed by atoms with Crippen LogP contribution in [-0.4, -0.2) is 19.8 Å². The van der Waals surface area contributed by atoms with Gasteiger partial charge in [0, 0.05) is 29.7 Å². The number of ether oxygens (including phenoxy) is 2. The van der Waals surface area contributed by atoms with Crippen molar-refractivity contribution in [2.24, 2.45) is 5.41 Å². The molecule has 0 aromatic heterocycles. The normalized spacial score (nSPS) is 11.0. The Balaban J connectivity index is 2.41. The fourth-order valence-electron chi connectivity index (χ4n) is 1.56. The van der Waals surface area contributed by atoms with Crippen molar-refractivity contribution in [3.63, 3.8) is 0 Å². The van der Waals surface area contributed by atoms with E-state index >= 15 is 0 Å². The van der Waals surface area contributed by atoms with Gasteiger partial charge in [0.2, 0.25) is 0 Å². The second kappa shape index (κ2) is 11.2. The lowest BCUT2D eigenvalue weighted by Gasteiger charge is -2.22. The van der Waals surface area contributed by atoms with Crippen molar-refractivity contribution in [3.05, 3.63) is 45.0 Å². The minimum Gasteiger partial charge on any atom is -0.490 e. The topological polar surface area (TPSA) is 39.7 Å². The number of hydrogen-bond donors (Lipinski definition) is 1. The number of allylic oxidation sites excluding steroid dienone is 1. The summed E-state index contributed by atoms with van der Waals surface area (Å²) in [5.41, 5.74) is 3.58. The molecule has 0 bridgehead atoms. The molecule has 0 saturated heterocycles. The lowest BCUT2D eigenvalue weighted by Crippen LogP contribution is -2.24. The zero-order chi connectivity index (χ0) is 19.7. The van der Waals surface area contributed by atoms with Gasteiger partial charge in [0.1, 0.15) is 16.8 Å². The third-order valence-corrected chi connectivity index (χ3v) is 4.07. The van der Waals surface area contributed by atoms with Gasteiger partial charge in [-0.15, -0.1) is 0 Å². The maximum Gasteiger partial charge on any atom is 0.156 e. The van der Waals surface area contributed by atoms with Gasteiger partial charge in [-0.25, -0.2) is 0 Å². The van der Waals surface area contributed by atoms with Crippen LogP contribution in [0.25, 0.3) is 0 Å². The van der Waals surface area contributed by atoms with Crippen molar-refractivity contribution in [2.45, 2.75) is 27.2 Å². The first-order valence-corrected chi connectivity index (χ1v) is 9.45. The van der Waals surface area contributed by atoms with E-state index in [-0.39, 0.29) is 16.5 Å². The van der Waals surface area contributed by atoms with Gasteiger partial charge < -0.3 is 9.47 Å². The summed E-state index contributed by atoms with van der Waals surface area (Å²) in [4.78, 5) is 5.36. The molecule has 1 rings (SSSR count). The summed E-state index contributed by atoms with van der Waals surface area (Å²) < 4.78 is 11.2. The molecule has 0 amide bonds. The first-order valence-electron chi connectivity index (χ1n) is 7.94. The molecule has 0 aliphatic carbocycles. The van der Waals surface area contributed by atoms with E-state index in [0.29, 0.717) is 41.2 Å². The number of nitrogens with one attached hydrogen (secondary N) is 1. The summed E-state index contributed by atoms with van der Waals surface area (Å²) in [6, 6.07) is 3.23. The van der Waals surface area contributed by atoms with E-state index in [0.717, 1.165) is 5.70 Å². The maximum absolute atomic E-state index is 6.20. The monoisotopic (exact) mass is 441 g/mol. The van der Waals surface area contributed by atoms with Crippen LogP contribution >= 0.6 is 46.4 Å². The Kier molecular flexibility index (Phi) is 9.98. The Morgan fingerprint density at radius 2 is 1.73 bits per heavy atom. The van der Waals surface area contributed by atoms with Gasteiger partial charge >= 0.3 is 0 Å². The van der Waals surface area contributed by atoms with Crippen molar-refractivity contribution < 1.29 is 14.3 Å². The molecule has 0 fully saturated rings. The first-order chi connectivity index (χ1) is 12.1. The number of hydrogen-bond acceptors (Lipinski definition) is 4. The highest BCUT2D eigenvalue weighted by Gasteiger charge is 2.14. The molecule has 1 aromatic rings. The van der Waals surface area contributed by atoms with Crippen LogP contribution in [0.4, 0.5) is 0 Å². The fourth-order valence-corrected chi connectivity index (χ4v) is 2.26. The summed E-state index contributed by atoms with van der Waals surface area (Å²) in [5.74, 6) is 0.894. The second-order valence-corrected chi connectivity index (χ2v) is 8.22. The van der Waals surface area contributed by atoms with Gasteiger partial charge in [0.15, 0.2) is 5.75 Å². The lowest BCUT2D eigenvalue weighted by atomic mass is 9.94. The van der Waals surface area contributed by atoms with Crippen LogP contribution in [0.1, 0.15) is 27.2 Å². The Morgan fingerprint density at radius 1 is 1.12 bits per heavy atom. The Morgan fingerprint density at radius 3 is 2.27 bits per heavy atom. The Hall–Kier alpha value is -0.780. The zero-order valence-electron chi connectivity index (χ0n) is 15.0. The van der Waals surface area contributed by atoms with Crippen molar-refractivity contribution in [1.82, 2.24) is 5.48 Å². The summed E-state index contributed by atoms with van der Waals surface area (Å²) in [7, 11) is 0. The summed E-state index contributed by atoms with van der Waals surface area (Å²) in [6.07, 6.45) is 2.16. The highest BCUT2D eigenvalue weighted by Crippen LogP contribution is 2.37. The molecule has 8 heteroatoms. The van der Waals surface area contributed by atoms with E-state index in [1.165, 1.54) is 6.08 Å². The largest absolute Gasteiger partial charge is 0.490 e. The third kappa shape index (κ3) is 8.74. The second-order valence-electron chi connectivity index (χ2n) is 6.40. The molecular formula is C18H23Cl4NO3.